The van der Waals surface area contributed by atoms with E-state index < -0.39 is 23.7 Å². The highest BCUT2D eigenvalue weighted by Crippen LogP contribution is 2.57. The highest BCUT2D eigenvalue weighted by Gasteiger charge is 2.56. The van der Waals surface area contributed by atoms with Gasteiger partial charge in [-0.3, -0.25) is 24.1 Å². The number of amides is 2. The summed E-state index contributed by atoms with van der Waals surface area (Å²) in [5, 5.41) is 14.6. The molecule has 1 saturated heterocycles. The molecule has 1 heterocycles. The summed E-state index contributed by atoms with van der Waals surface area (Å²) in [5.74, 6) is -3.49. The fourth-order valence-electron chi connectivity index (χ4n) is 7.42. The lowest BCUT2D eigenvalue weighted by molar-refractivity contribution is -0.123. The van der Waals surface area contributed by atoms with Crippen molar-refractivity contribution in [3.8, 4) is 11.5 Å². The smallest absolute Gasteiger partial charge is 0.238 e. The minimum atomic E-state index is -0.749. The standard InChI is InChI=1S/C37H32N2O6/c1-3-45-30-11-7-10-25(35(30)42)31-24-16-17-26-32(27(24)19-28-33(31)29(40)18-20(2)34(28)41)37(44)39(36(26)43)23-14-12-22(13-15-23)38-21-8-5-4-6-9-21/h4-16,18,26-27,31-32,38,42H,3,17,19H2,1-2H3/t26-,27+,31+,32-/m0/s1. The molecule has 0 spiro atoms. The second-order valence-electron chi connectivity index (χ2n) is 11.9. The van der Waals surface area contributed by atoms with Crippen molar-refractivity contribution in [1.29, 1.82) is 0 Å². The van der Waals surface area contributed by atoms with E-state index in [1.54, 1.807) is 37.3 Å². The number of allylic oxidation sites excluding steroid dienone is 6. The van der Waals surface area contributed by atoms with E-state index in [2.05, 4.69) is 5.32 Å². The van der Waals surface area contributed by atoms with Crippen molar-refractivity contribution in [2.45, 2.75) is 32.6 Å². The molecule has 4 aliphatic rings. The summed E-state index contributed by atoms with van der Waals surface area (Å²) in [7, 11) is 0. The number of nitrogens with zero attached hydrogens (tertiary/aromatic N) is 1. The van der Waals surface area contributed by atoms with E-state index in [1.165, 1.54) is 11.0 Å². The monoisotopic (exact) mass is 600 g/mol. The zero-order chi connectivity index (χ0) is 31.4. The predicted molar refractivity (Wildman–Crippen MR) is 169 cm³/mol. The van der Waals surface area contributed by atoms with Gasteiger partial charge in [0.25, 0.3) is 0 Å². The zero-order valence-electron chi connectivity index (χ0n) is 24.9. The zero-order valence-corrected chi connectivity index (χ0v) is 24.9. The van der Waals surface area contributed by atoms with Crippen molar-refractivity contribution in [3.05, 3.63) is 113 Å². The average molecular weight is 601 g/mol. The molecule has 45 heavy (non-hydrogen) atoms. The quantitative estimate of drug-likeness (QED) is 0.198. The molecule has 226 valence electrons. The SMILES string of the molecule is CCOc1cccc([C@H]2C3=CC[C@@H]4C(=O)N(c5ccc(Nc6ccccc6)cc5)C(=O)[C@@H]4[C@@H]3CC3=C2C(=O)C=C(C)C3=O)c1O. The van der Waals surface area contributed by atoms with Gasteiger partial charge in [0, 0.05) is 39.6 Å². The normalized spacial score (nSPS) is 24.1. The number of fused-ring (bicyclic) bond motifs is 3. The van der Waals surface area contributed by atoms with E-state index in [0.29, 0.717) is 41.0 Å². The summed E-state index contributed by atoms with van der Waals surface area (Å²) < 4.78 is 5.65. The lowest BCUT2D eigenvalue weighted by atomic mass is 9.59. The molecule has 4 atom stereocenters. The Hall–Kier alpha value is -5.24. The number of ether oxygens (including phenoxy) is 1. The van der Waals surface area contributed by atoms with E-state index in [-0.39, 0.29) is 41.3 Å². The minimum absolute atomic E-state index is 0.106. The maximum Gasteiger partial charge on any atom is 0.238 e. The van der Waals surface area contributed by atoms with E-state index in [4.69, 9.17) is 4.74 Å². The number of benzene rings is 3. The van der Waals surface area contributed by atoms with Crippen LogP contribution < -0.4 is 15.0 Å². The largest absolute Gasteiger partial charge is 0.504 e. The molecule has 0 aromatic heterocycles. The number of hydrogen-bond donors (Lipinski definition) is 2. The summed E-state index contributed by atoms with van der Waals surface area (Å²) >= 11 is 0. The number of phenolic OH excluding ortho intramolecular Hbond substituents is 1. The third-order valence-corrected chi connectivity index (χ3v) is 9.39. The van der Waals surface area contributed by atoms with Gasteiger partial charge in [0.15, 0.2) is 23.1 Å². The van der Waals surface area contributed by atoms with Crippen LogP contribution in [0.5, 0.6) is 11.5 Å². The number of hydrogen-bond acceptors (Lipinski definition) is 7. The summed E-state index contributed by atoms with van der Waals surface area (Å²) in [6.45, 7) is 3.76. The minimum Gasteiger partial charge on any atom is -0.504 e. The molecule has 0 unspecified atom stereocenters. The molecular formula is C37H32N2O6. The third-order valence-electron chi connectivity index (χ3n) is 9.39. The Morgan fingerprint density at radius 2 is 1.62 bits per heavy atom. The molecule has 2 amide bonds. The molecule has 1 fully saturated rings. The van der Waals surface area contributed by atoms with Crippen molar-refractivity contribution < 1.29 is 29.0 Å². The predicted octanol–water partition coefficient (Wildman–Crippen LogP) is 6.17. The van der Waals surface area contributed by atoms with Crippen LogP contribution in [0.3, 0.4) is 0 Å². The fourth-order valence-corrected chi connectivity index (χ4v) is 7.42. The van der Waals surface area contributed by atoms with Gasteiger partial charge in [0.1, 0.15) is 0 Å². The number of ketones is 2. The van der Waals surface area contributed by atoms with Gasteiger partial charge in [-0.05, 0) is 81.1 Å². The topological polar surface area (TPSA) is 113 Å². The van der Waals surface area contributed by atoms with Crippen molar-refractivity contribution in [2.75, 3.05) is 16.8 Å². The number of rotatable bonds is 6. The molecule has 3 aromatic rings. The Bertz CT molecular complexity index is 1850. The lowest BCUT2D eigenvalue weighted by Gasteiger charge is -2.42. The van der Waals surface area contributed by atoms with Gasteiger partial charge in [-0.15, -0.1) is 0 Å². The average Bonchev–Trinajstić information content (AvgIpc) is 3.30. The van der Waals surface area contributed by atoms with Gasteiger partial charge in [0.2, 0.25) is 11.8 Å². The van der Waals surface area contributed by atoms with Gasteiger partial charge in [-0.1, -0.05) is 42.0 Å². The van der Waals surface area contributed by atoms with Crippen LogP contribution >= 0.6 is 0 Å². The molecule has 3 aromatic carbocycles. The highest BCUT2D eigenvalue weighted by molar-refractivity contribution is 6.25. The van der Waals surface area contributed by atoms with Gasteiger partial charge in [0.05, 0.1) is 24.1 Å². The Balaban J connectivity index is 1.26. The number of anilines is 3. The van der Waals surface area contributed by atoms with Crippen molar-refractivity contribution in [3.63, 3.8) is 0 Å². The maximum absolute atomic E-state index is 14.2. The van der Waals surface area contributed by atoms with Crippen LogP contribution in [0, 0.1) is 17.8 Å². The Labute approximate surface area is 260 Å². The van der Waals surface area contributed by atoms with Crippen molar-refractivity contribution in [2.24, 2.45) is 17.8 Å². The van der Waals surface area contributed by atoms with E-state index in [9.17, 15) is 24.3 Å². The second-order valence-corrected chi connectivity index (χ2v) is 11.9. The number of Topliss-reactive ketones (excluding diaryl/α,β-unsaturated/α-hetero) is 1. The fraction of sp³-hybridized carbons (Fsp3) is 0.243. The van der Waals surface area contributed by atoms with Crippen LogP contribution in [0.15, 0.2) is 107 Å². The molecule has 0 saturated carbocycles. The number of para-hydroxylation sites is 2. The molecular weight excluding hydrogens is 568 g/mol. The molecule has 2 N–H and O–H groups in total. The number of carbonyl (C=O) groups excluding carboxylic acids is 4. The first-order valence-electron chi connectivity index (χ1n) is 15.2. The molecule has 8 heteroatoms. The third kappa shape index (κ3) is 4.60. The first-order valence-corrected chi connectivity index (χ1v) is 15.2. The maximum atomic E-state index is 14.2. The Morgan fingerprint density at radius 3 is 2.36 bits per heavy atom. The van der Waals surface area contributed by atoms with Crippen LogP contribution in [0.4, 0.5) is 17.1 Å². The van der Waals surface area contributed by atoms with Gasteiger partial charge < -0.3 is 15.2 Å². The molecule has 7 rings (SSSR count). The van der Waals surface area contributed by atoms with Gasteiger partial charge in [-0.2, -0.15) is 0 Å². The lowest BCUT2D eigenvalue weighted by Crippen LogP contribution is -2.39. The van der Waals surface area contributed by atoms with E-state index in [0.717, 1.165) is 16.9 Å². The van der Waals surface area contributed by atoms with E-state index in [1.807, 2.05) is 55.5 Å². The first kappa shape index (κ1) is 28.5. The number of imide groups is 1. The van der Waals surface area contributed by atoms with Gasteiger partial charge >= 0.3 is 0 Å². The van der Waals surface area contributed by atoms with Crippen LogP contribution in [-0.2, 0) is 19.2 Å². The Kier molecular flexibility index (Phi) is 7.00. The summed E-state index contributed by atoms with van der Waals surface area (Å²) in [4.78, 5) is 56.4. The second kappa shape index (κ2) is 11.0. The molecule has 1 aliphatic heterocycles. The van der Waals surface area contributed by atoms with Crippen LogP contribution in [0.25, 0.3) is 0 Å². The summed E-state index contributed by atoms with van der Waals surface area (Å²) in [5.41, 5.74) is 4.45. The summed E-state index contributed by atoms with van der Waals surface area (Å²) in [6, 6.07) is 22.0. The molecule has 8 nitrogen and oxygen atoms in total. The number of aromatic hydroxyl groups is 1. The van der Waals surface area contributed by atoms with E-state index >= 15 is 0 Å². The number of carbonyl (C=O) groups is 4. The van der Waals surface area contributed by atoms with Crippen LogP contribution in [-0.4, -0.2) is 35.1 Å². The van der Waals surface area contributed by atoms with Crippen molar-refractivity contribution in [1.82, 2.24) is 0 Å². The first-order chi connectivity index (χ1) is 21.8. The van der Waals surface area contributed by atoms with Crippen molar-refractivity contribution >= 4 is 40.4 Å². The molecule has 0 radical (unpaired) electrons. The molecule has 0 bridgehead atoms. The van der Waals surface area contributed by atoms with Crippen LogP contribution in [0.1, 0.15) is 38.2 Å². The van der Waals surface area contributed by atoms with Crippen LogP contribution in [0.2, 0.25) is 0 Å². The highest BCUT2D eigenvalue weighted by atomic mass is 16.5. The number of phenols is 1. The molecule has 3 aliphatic carbocycles. The number of nitrogens with one attached hydrogen (secondary N) is 1. The summed E-state index contributed by atoms with van der Waals surface area (Å²) in [6.07, 6.45) is 3.78. The van der Waals surface area contributed by atoms with Gasteiger partial charge in [-0.25, -0.2) is 0 Å². The Morgan fingerprint density at radius 1 is 0.889 bits per heavy atom.